The van der Waals surface area contributed by atoms with E-state index in [1.165, 1.54) is 30.3 Å². The first-order valence-electron chi connectivity index (χ1n) is 6.14. The van der Waals surface area contributed by atoms with E-state index in [4.69, 9.17) is 0 Å². The molecule has 1 aliphatic heterocycles. The van der Waals surface area contributed by atoms with Crippen molar-refractivity contribution in [1.82, 2.24) is 0 Å². The van der Waals surface area contributed by atoms with Crippen molar-refractivity contribution in [3.05, 3.63) is 57.0 Å². The summed E-state index contributed by atoms with van der Waals surface area (Å²) in [4.78, 5) is 0.227. The van der Waals surface area contributed by atoms with Gasteiger partial charge in [-0.3, -0.25) is 4.72 Å². The molecule has 0 aliphatic carbocycles. The normalized spacial score (nSPS) is 15.5. The fraction of sp³-hybridized carbons (Fsp3) is 0. The molecular weight excluding hydrogens is 437 g/mol. The average Bonchev–Trinajstić information content (AvgIpc) is 2.75. The predicted octanol–water partition coefficient (Wildman–Crippen LogP) is 2.85. The summed E-state index contributed by atoms with van der Waals surface area (Å²) in [6.45, 7) is 0. The topological polar surface area (TPSA) is 80.3 Å². The van der Waals surface area contributed by atoms with Crippen LogP contribution in [0.4, 0.5) is 5.69 Å². The number of fused-ring (bicyclic) bond motifs is 1. The number of benzene rings is 2. The molecule has 0 bridgehead atoms. The molecule has 2 aromatic carbocycles. The van der Waals surface area contributed by atoms with Crippen molar-refractivity contribution in [2.24, 2.45) is 0 Å². The van der Waals surface area contributed by atoms with Gasteiger partial charge in [0, 0.05) is 8.98 Å². The van der Waals surface area contributed by atoms with Crippen LogP contribution in [0.5, 0.6) is 0 Å². The van der Waals surface area contributed by atoms with E-state index in [0.29, 0.717) is 5.56 Å². The van der Waals surface area contributed by atoms with Crippen LogP contribution in [0.1, 0.15) is 5.56 Å². The zero-order valence-corrected chi connectivity index (χ0v) is 14.8. The lowest BCUT2D eigenvalue weighted by atomic mass is 10.2. The summed E-state index contributed by atoms with van der Waals surface area (Å²) in [6.07, 6.45) is 1.49. The third-order valence-electron chi connectivity index (χ3n) is 3.12. The number of sulfone groups is 1. The van der Waals surface area contributed by atoms with Crippen molar-refractivity contribution < 1.29 is 16.8 Å². The lowest BCUT2D eigenvalue weighted by molar-refractivity contribution is 0.600. The Morgan fingerprint density at radius 1 is 1.00 bits per heavy atom. The Bertz CT molecular complexity index is 978. The fourth-order valence-electron chi connectivity index (χ4n) is 2.05. The van der Waals surface area contributed by atoms with Crippen molar-refractivity contribution in [3.8, 4) is 0 Å². The largest absolute Gasteiger partial charge is 0.280 e. The molecule has 1 heterocycles. The van der Waals surface area contributed by atoms with Gasteiger partial charge >= 0.3 is 0 Å². The maximum Gasteiger partial charge on any atom is 0.261 e. The summed E-state index contributed by atoms with van der Waals surface area (Å²) in [7, 11) is -7.22. The number of halogens is 1. The molecule has 22 heavy (non-hydrogen) atoms. The number of hydrogen-bond acceptors (Lipinski definition) is 4. The summed E-state index contributed by atoms with van der Waals surface area (Å²) in [6, 6.07) is 10.8. The minimum absolute atomic E-state index is 0.107. The van der Waals surface area contributed by atoms with Gasteiger partial charge in [0.1, 0.15) is 0 Å². The quantitative estimate of drug-likeness (QED) is 0.735. The molecule has 5 nitrogen and oxygen atoms in total. The molecule has 0 spiro atoms. The lowest BCUT2D eigenvalue weighted by Crippen LogP contribution is -2.13. The van der Waals surface area contributed by atoms with Crippen LogP contribution < -0.4 is 4.72 Å². The van der Waals surface area contributed by atoms with Crippen molar-refractivity contribution >= 4 is 54.2 Å². The fourth-order valence-corrected chi connectivity index (χ4v) is 4.68. The van der Waals surface area contributed by atoms with E-state index >= 15 is 0 Å². The molecule has 114 valence electrons. The highest BCUT2D eigenvalue weighted by molar-refractivity contribution is 14.1. The number of nitrogens with one attached hydrogen (secondary N) is 1. The minimum atomic E-state index is -3.75. The average molecular weight is 447 g/mol. The molecule has 0 fully saturated rings. The molecule has 1 N–H and O–H groups in total. The standard InChI is InChI=1S/C14H10INO4S2/c15-11-2-5-13(6-3-11)22(19,20)16-12-4-1-10-7-8-21(17,18)14(10)9-12/h1-9,16H. The van der Waals surface area contributed by atoms with E-state index in [0.717, 1.165) is 8.98 Å². The Kier molecular flexibility index (Phi) is 3.77. The van der Waals surface area contributed by atoms with Crippen molar-refractivity contribution in [2.75, 3.05) is 4.72 Å². The van der Waals surface area contributed by atoms with Crippen LogP contribution in [-0.2, 0) is 19.9 Å². The molecule has 0 saturated heterocycles. The molecule has 2 aromatic rings. The van der Waals surface area contributed by atoms with Crippen LogP contribution in [0.25, 0.3) is 6.08 Å². The summed E-state index contributed by atoms with van der Waals surface area (Å²) in [5.74, 6) is 0. The van der Waals surface area contributed by atoms with Crippen LogP contribution in [0.3, 0.4) is 0 Å². The van der Waals surface area contributed by atoms with E-state index in [9.17, 15) is 16.8 Å². The first-order valence-corrected chi connectivity index (χ1v) is 10.2. The third kappa shape index (κ3) is 2.90. The molecule has 3 rings (SSSR count). The summed E-state index contributed by atoms with van der Waals surface area (Å²) >= 11 is 2.08. The van der Waals surface area contributed by atoms with Gasteiger partial charge in [0.15, 0.2) is 0 Å². The zero-order valence-electron chi connectivity index (χ0n) is 11.0. The van der Waals surface area contributed by atoms with Gasteiger partial charge < -0.3 is 0 Å². The highest BCUT2D eigenvalue weighted by atomic mass is 127. The molecule has 0 amide bonds. The number of sulfonamides is 1. The first kappa shape index (κ1) is 15.5. The van der Waals surface area contributed by atoms with Gasteiger partial charge in [0.05, 0.1) is 15.5 Å². The van der Waals surface area contributed by atoms with E-state index in [1.807, 2.05) is 0 Å². The molecule has 0 aromatic heterocycles. The maximum atomic E-state index is 12.3. The zero-order chi connectivity index (χ0) is 16.0. The second-order valence-electron chi connectivity index (χ2n) is 4.66. The Morgan fingerprint density at radius 2 is 1.68 bits per heavy atom. The molecule has 8 heteroatoms. The van der Waals surface area contributed by atoms with Crippen LogP contribution in [0.15, 0.2) is 57.7 Å². The second kappa shape index (κ2) is 5.36. The van der Waals surface area contributed by atoms with Gasteiger partial charge in [-0.15, -0.1) is 0 Å². The van der Waals surface area contributed by atoms with E-state index < -0.39 is 19.9 Å². The SMILES string of the molecule is O=S1(=O)C=Cc2ccc(NS(=O)(=O)c3ccc(I)cc3)cc21. The summed E-state index contributed by atoms with van der Waals surface area (Å²) in [5.41, 5.74) is 0.766. The number of hydrogen-bond donors (Lipinski definition) is 1. The Balaban J connectivity index is 1.96. The smallest absolute Gasteiger partial charge is 0.261 e. The minimum Gasteiger partial charge on any atom is -0.280 e. The Hall–Kier alpha value is -1.39. The van der Waals surface area contributed by atoms with Gasteiger partial charge in [-0.05, 0) is 70.6 Å². The monoisotopic (exact) mass is 447 g/mol. The lowest BCUT2D eigenvalue weighted by Gasteiger charge is -2.09. The summed E-state index contributed by atoms with van der Waals surface area (Å²) < 4.78 is 51.5. The van der Waals surface area contributed by atoms with Crippen LogP contribution >= 0.6 is 22.6 Å². The van der Waals surface area contributed by atoms with Crippen molar-refractivity contribution in [3.63, 3.8) is 0 Å². The summed E-state index contributed by atoms with van der Waals surface area (Å²) in [5, 5.41) is 1.11. The van der Waals surface area contributed by atoms with Gasteiger partial charge in [0.2, 0.25) is 9.84 Å². The third-order valence-corrected chi connectivity index (χ3v) is 6.70. The van der Waals surface area contributed by atoms with Gasteiger partial charge in [-0.2, -0.15) is 0 Å². The second-order valence-corrected chi connectivity index (χ2v) is 9.39. The Morgan fingerprint density at radius 3 is 2.36 bits per heavy atom. The van der Waals surface area contributed by atoms with E-state index in [1.54, 1.807) is 18.2 Å². The molecule has 1 aliphatic rings. The maximum absolute atomic E-state index is 12.3. The van der Waals surface area contributed by atoms with Crippen LogP contribution in [0.2, 0.25) is 0 Å². The highest BCUT2D eigenvalue weighted by Gasteiger charge is 2.22. The molecule has 0 saturated carbocycles. The first-order chi connectivity index (χ1) is 10.3. The van der Waals surface area contributed by atoms with Crippen molar-refractivity contribution in [2.45, 2.75) is 9.79 Å². The highest BCUT2D eigenvalue weighted by Crippen LogP contribution is 2.30. The molecular formula is C14H10INO4S2. The predicted molar refractivity (Wildman–Crippen MR) is 92.6 cm³/mol. The van der Waals surface area contributed by atoms with Gasteiger partial charge in [0.25, 0.3) is 10.0 Å². The van der Waals surface area contributed by atoms with Crippen LogP contribution in [-0.4, -0.2) is 16.8 Å². The Labute approximate surface area is 142 Å². The number of anilines is 1. The molecule has 0 atom stereocenters. The molecule has 0 radical (unpaired) electrons. The van der Waals surface area contributed by atoms with E-state index in [2.05, 4.69) is 27.3 Å². The molecule has 0 unspecified atom stereocenters. The van der Waals surface area contributed by atoms with Gasteiger partial charge in [-0.1, -0.05) is 6.07 Å². The van der Waals surface area contributed by atoms with Crippen molar-refractivity contribution in [1.29, 1.82) is 0 Å². The van der Waals surface area contributed by atoms with E-state index in [-0.39, 0.29) is 15.5 Å². The number of rotatable bonds is 3. The van der Waals surface area contributed by atoms with Gasteiger partial charge in [-0.25, -0.2) is 16.8 Å². The van der Waals surface area contributed by atoms with Crippen LogP contribution in [0, 0.1) is 3.57 Å².